The number of carbonyl (C=O) groups is 1. The van der Waals surface area contributed by atoms with Gasteiger partial charge in [-0.1, -0.05) is 23.7 Å². The molecular formula is C17H17ClN2O3S. The number of fused-ring (bicyclic) bond motifs is 1. The van der Waals surface area contributed by atoms with Crippen LogP contribution in [-0.2, 0) is 23.0 Å². The first kappa shape index (κ1) is 16.8. The summed E-state index contributed by atoms with van der Waals surface area (Å²) in [5.41, 5.74) is 3.02. The fraction of sp³-hybridized carbons (Fsp3) is 0.235. The number of halogens is 1. The summed E-state index contributed by atoms with van der Waals surface area (Å²) in [6, 6.07) is 12.4. The van der Waals surface area contributed by atoms with Gasteiger partial charge in [0, 0.05) is 23.7 Å². The van der Waals surface area contributed by atoms with Crippen LogP contribution in [0.15, 0.2) is 42.5 Å². The third kappa shape index (κ3) is 3.55. The van der Waals surface area contributed by atoms with Crippen LogP contribution in [0.4, 0.5) is 5.69 Å². The molecular weight excluding hydrogens is 348 g/mol. The van der Waals surface area contributed by atoms with Gasteiger partial charge in [-0.2, -0.15) is 0 Å². The highest BCUT2D eigenvalue weighted by molar-refractivity contribution is 7.92. The van der Waals surface area contributed by atoms with Crippen molar-refractivity contribution in [2.24, 2.45) is 0 Å². The normalized spacial score (nSPS) is 13.7. The standard InChI is InChI=1S/C17H17ClN2O3S/c1-24(22,23)20-9-8-13-10-14(4-7-16(13)20)17(21)19-11-12-2-5-15(18)6-3-12/h2-7,10H,8-9,11H2,1H3,(H,19,21). The Labute approximate surface area is 146 Å². The molecule has 0 bridgehead atoms. The van der Waals surface area contributed by atoms with Crippen molar-refractivity contribution in [3.8, 4) is 0 Å². The molecule has 0 saturated heterocycles. The number of benzene rings is 2. The molecule has 0 fully saturated rings. The number of carbonyl (C=O) groups excluding carboxylic acids is 1. The maximum atomic E-state index is 12.3. The van der Waals surface area contributed by atoms with E-state index in [0.717, 1.165) is 11.1 Å². The fourth-order valence-corrected chi connectivity index (χ4v) is 3.83. The lowest BCUT2D eigenvalue weighted by molar-refractivity contribution is 0.0951. The number of anilines is 1. The molecule has 1 aliphatic rings. The van der Waals surface area contributed by atoms with E-state index in [2.05, 4.69) is 5.32 Å². The smallest absolute Gasteiger partial charge is 0.251 e. The fourth-order valence-electron chi connectivity index (χ4n) is 2.74. The molecule has 0 unspecified atom stereocenters. The molecule has 0 aliphatic carbocycles. The highest BCUT2D eigenvalue weighted by Crippen LogP contribution is 2.30. The van der Waals surface area contributed by atoms with E-state index >= 15 is 0 Å². The minimum atomic E-state index is -3.28. The third-order valence-electron chi connectivity index (χ3n) is 3.96. The van der Waals surface area contributed by atoms with Gasteiger partial charge in [0.15, 0.2) is 0 Å². The topological polar surface area (TPSA) is 66.5 Å². The molecule has 2 aromatic rings. The Hall–Kier alpha value is -2.05. The van der Waals surface area contributed by atoms with Crippen LogP contribution in [0.25, 0.3) is 0 Å². The van der Waals surface area contributed by atoms with E-state index in [0.29, 0.717) is 35.8 Å². The highest BCUT2D eigenvalue weighted by Gasteiger charge is 2.26. The Morgan fingerprint density at radius 1 is 1.21 bits per heavy atom. The van der Waals surface area contributed by atoms with Gasteiger partial charge < -0.3 is 5.32 Å². The first-order chi connectivity index (χ1) is 11.3. The van der Waals surface area contributed by atoms with Gasteiger partial charge in [0.2, 0.25) is 10.0 Å². The minimum absolute atomic E-state index is 0.189. The molecule has 0 aromatic heterocycles. The van der Waals surface area contributed by atoms with Gasteiger partial charge in [-0.15, -0.1) is 0 Å². The zero-order chi connectivity index (χ0) is 17.3. The number of nitrogens with zero attached hydrogens (tertiary/aromatic N) is 1. The average molecular weight is 365 g/mol. The first-order valence-electron chi connectivity index (χ1n) is 7.48. The second kappa shape index (κ2) is 6.45. The quantitative estimate of drug-likeness (QED) is 0.906. The lowest BCUT2D eigenvalue weighted by atomic mass is 10.1. The van der Waals surface area contributed by atoms with Crippen LogP contribution < -0.4 is 9.62 Å². The zero-order valence-electron chi connectivity index (χ0n) is 13.1. The van der Waals surface area contributed by atoms with Crippen LogP contribution in [0.3, 0.4) is 0 Å². The molecule has 5 nitrogen and oxygen atoms in total. The molecule has 3 rings (SSSR count). The van der Waals surface area contributed by atoms with E-state index < -0.39 is 10.0 Å². The van der Waals surface area contributed by atoms with Crippen LogP contribution in [0.2, 0.25) is 5.02 Å². The van der Waals surface area contributed by atoms with Gasteiger partial charge in [0.25, 0.3) is 5.91 Å². The van der Waals surface area contributed by atoms with Crippen molar-refractivity contribution in [1.82, 2.24) is 5.32 Å². The number of rotatable bonds is 4. The van der Waals surface area contributed by atoms with E-state index in [1.165, 1.54) is 10.6 Å². The molecule has 0 radical (unpaired) electrons. The van der Waals surface area contributed by atoms with Crippen LogP contribution >= 0.6 is 11.6 Å². The highest BCUT2D eigenvalue weighted by atomic mass is 35.5. The molecule has 0 spiro atoms. The largest absolute Gasteiger partial charge is 0.348 e. The van der Waals surface area contributed by atoms with Crippen molar-refractivity contribution in [2.45, 2.75) is 13.0 Å². The average Bonchev–Trinajstić information content (AvgIpc) is 2.97. The molecule has 2 aromatic carbocycles. The predicted molar refractivity (Wildman–Crippen MR) is 95.0 cm³/mol. The molecule has 24 heavy (non-hydrogen) atoms. The number of nitrogens with one attached hydrogen (secondary N) is 1. The van der Waals surface area contributed by atoms with Crippen molar-refractivity contribution in [2.75, 3.05) is 17.1 Å². The van der Waals surface area contributed by atoms with Crippen LogP contribution in [0, 0.1) is 0 Å². The van der Waals surface area contributed by atoms with Crippen LogP contribution in [-0.4, -0.2) is 27.1 Å². The Kier molecular flexibility index (Phi) is 4.51. The van der Waals surface area contributed by atoms with Gasteiger partial charge in [-0.05, 0) is 47.9 Å². The summed E-state index contributed by atoms with van der Waals surface area (Å²) in [4.78, 5) is 12.3. The Morgan fingerprint density at radius 2 is 1.92 bits per heavy atom. The summed E-state index contributed by atoms with van der Waals surface area (Å²) in [6.07, 6.45) is 1.80. The number of amides is 1. The molecule has 1 heterocycles. The van der Waals surface area contributed by atoms with Gasteiger partial charge in [0.1, 0.15) is 0 Å². The molecule has 1 aliphatic heterocycles. The molecule has 1 amide bonds. The lowest BCUT2D eigenvalue weighted by Gasteiger charge is -2.16. The van der Waals surface area contributed by atoms with E-state index in [9.17, 15) is 13.2 Å². The van der Waals surface area contributed by atoms with E-state index in [-0.39, 0.29) is 5.91 Å². The van der Waals surface area contributed by atoms with Crippen LogP contribution in [0.5, 0.6) is 0 Å². The summed E-state index contributed by atoms with van der Waals surface area (Å²) in [6.45, 7) is 0.826. The monoisotopic (exact) mass is 364 g/mol. The summed E-state index contributed by atoms with van der Waals surface area (Å²) in [5, 5.41) is 3.51. The molecule has 7 heteroatoms. The number of hydrogen-bond donors (Lipinski definition) is 1. The number of hydrogen-bond acceptors (Lipinski definition) is 3. The maximum absolute atomic E-state index is 12.3. The Morgan fingerprint density at radius 3 is 2.58 bits per heavy atom. The maximum Gasteiger partial charge on any atom is 0.251 e. The third-order valence-corrected chi connectivity index (χ3v) is 5.39. The summed E-state index contributed by atoms with van der Waals surface area (Å²) < 4.78 is 24.8. The van der Waals surface area contributed by atoms with E-state index in [4.69, 9.17) is 11.6 Å². The van der Waals surface area contributed by atoms with Crippen molar-refractivity contribution in [3.05, 3.63) is 64.2 Å². The number of sulfonamides is 1. The predicted octanol–water partition coefficient (Wildman–Crippen LogP) is 2.59. The molecule has 0 atom stereocenters. The molecule has 0 saturated carbocycles. The van der Waals surface area contributed by atoms with Crippen molar-refractivity contribution in [3.63, 3.8) is 0 Å². The van der Waals surface area contributed by atoms with Crippen molar-refractivity contribution >= 4 is 33.2 Å². The lowest BCUT2D eigenvalue weighted by Crippen LogP contribution is -2.27. The van der Waals surface area contributed by atoms with Crippen molar-refractivity contribution in [1.29, 1.82) is 0 Å². The summed E-state index contributed by atoms with van der Waals surface area (Å²) in [7, 11) is -3.28. The Bertz CT molecular complexity index is 879. The van der Waals surface area contributed by atoms with Crippen LogP contribution in [0.1, 0.15) is 21.5 Å². The first-order valence-corrected chi connectivity index (χ1v) is 9.70. The zero-order valence-corrected chi connectivity index (χ0v) is 14.7. The summed E-state index contributed by atoms with van der Waals surface area (Å²) in [5.74, 6) is -0.189. The van der Waals surface area contributed by atoms with Gasteiger partial charge in [0.05, 0.1) is 11.9 Å². The minimum Gasteiger partial charge on any atom is -0.348 e. The van der Waals surface area contributed by atoms with Gasteiger partial charge >= 0.3 is 0 Å². The van der Waals surface area contributed by atoms with Gasteiger partial charge in [-0.3, -0.25) is 9.10 Å². The molecule has 1 N–H and O–H groups in total. The second-order valence-corrected chi connectivity index (χ2v) is 8.08. The second-order valence-electron chi connectivity index (χ2n) is 5.74. The Balaban J connectivity index is 1.72. The SMILES string of the molecule is CS(=O)(=O)N1CCc2cc(C(=O)NCc3ccc(Cl)cc3)ccc21. The van der Waals surface area contributed by atoms with E-state index in [1.807, 2.05) is 12.1 Å². The molecule has 126 valence electrons. The van der Waals surface area contributed by atoms with Crippen molar-refractivity contribution < 1.29 is 13.2 Å². The summed E-state index contributed by atoms with van der Waals surface area (Å²) >= 11 is 5.83. The van der Waals surface area contributed by atoms with Gasteiger partial charge in [-0.25, -0.2) is 8.42 Å². The van der Waals surface area contributed by atoms with E-state index in [1.54, 1.807) is 30.3 Å².